The molecule has 33 heavy (non-hydrogen) atoms. The van der Waals surface area contributed by atoms with Crippen LogP contribution in [0, 0.1) is 0 Å². The number of ether oxygens (including phenoxy) is 1. The highest BCUT2D eigenvalue weighted by Gasteiger charge is 2.59. The SMILES string of the molecule is CC(c1ccc(COc2cnc(C(=O)O)cn2)cc1Cl)C(O)(c1ccnc(Cl)c1)C(F)(F)F. The summed E-state index contributed by atoms with van der Waals surface area (Å²) in [6.07, 6.45) is -1.80. The first-order valence-electron chi connectivity index (χ1n) is 9.31. The van der Waals surface area contributed by atoms with Crippen molar-refractivity contribution in [1.82, 2.24) is 15.0 Å². The van der Waals surface area contributed by atoms with Gasteiger partial charge in [-0.2, -0.15) is 13.2 Å². The van der Waals surface area contributed by atoms with Gasteiger partial charge in [0.1, 0.15) is 11.8 Å². The first kappa shape index (κ1) is 24.7. The summed E-state index contributed by atoms with van der Waals surface area (Å²) in [6.45, 7) is 1.15. The van der Waals surface area contributed by atoms with Crippen molar-refractivity contribution >= 4 is 29.2 Å². The van der Waals surface area contributed by atoms with Crippen LogP contribution < -0.4 is 4.74 Å². The average Bonchev–Trinajstić information content (AvgIpc) is 2.76. The van der Waals surface area contributed by atoms with Crippen LogP contribution in [-0.2, 0) is 12.2 Å². The number of aliphatic hydroxyl groups is 1. The maximum Gasteiger partial charge on any atom is 0.422 e. The smallest absolute Gasteiger partial charge is 0.422 e. The van der Waals surface area contributed by atoms with Crippen LogP contribution in [0.4, 0.5) is 13.2 Å². The molecule has 0 fully saturated rings. The molecular weight excluding hydrogens is 486 g/mol. The van der Waals surface area contributed by atoms with Crippen molar-refractivity contribution < 1.29 is 32.9 Å². The molecule has 0 aliphatic heterocycles. The molecule has 0 saturated carbocycles. The number of carboxylic acids is 1. The van der Waals surface area contributed by atoms with E-state index in [9.17, 15) is 23.1 Å². The lowest BCUT2D eigenvalue weighted by Gasteiger charge is -2.37. The van der Waals surface area contributed by atoms with Gasteiger partial charge in [0.2, 0.25) is 5.88 Å². The van der Waals surface area contributed by atoms with Crippen LogP contribution in [0.5, 0.6) is 5.88 Å². The standard InChI is InChI=1S/C21H16Cl2F3N3O4/c1-11(20(32,21(24,25)26)13-4-5-27-17(23)7-13)14-3-2-12(6-15(14)22)10-33-18-9-28-16(8-29-18)19(30)31/h2-9,11,32H,10H2,1H3,(H,30,31). The van der Waals surface area contributed by atoms with Crippen molar-refractivity contribution in [3.63, 3.8) is 0 Å². The summed E-state index contributed by atoms with van der Waals surface area (Å²) in [6, 6.07) is 6.27. The predicted molar refractivity (Wildman–Crippen MR) is 112 cm³/mol. The van der Waals surface area contributed by atoms with E-state index in [1.165, 1.54) is 25.1 Å². The third kappa shape index (κ3) is 5.18. The quantitative estimate of drug-likeness (QED) is 0.438. The van der Waals surface area contributed by atoms with Crippen LogP contribution in [0.25, 0.3) is 0 Å². The number of nitrogens with zero attached hydrogens (tertiary/aromatic N) is 3. The first-order chi connectivity index (χ1) is 15.4. The van der Waals surface area contributed by atoms with Crippen LogP contribution >= 0.6 is 23.2 Å². The third-order valence-corrected chi connectivity index (χ3v) is 5.52. The molecule has 2 aromatic heterocycles. The Labute approximate surface area is 195 Å². The average molecular weight is 502 g/mol. The number of hydrogen-bond donors (Lipinski definition) is 2. The zero-order valence-corrected chi connectivity index (χ0v) is 18.4. The van der Waals surface area contributed by atoms with Crippen molar-refractivity contribution in [2.45, 2.75) is 31.2 Å². The summed E-state index contributed by atoms with van der Waals surface area (Å²) in [4.78, 5) is 21.9. The molecule has 0 amide bonds. The van der Waals surface area contributed by atoms with Gasteiger partial charge in [0.25, 0.3) is 0 Å². The summed E-state index contributed by atoms with van der Waals surface area (Å²) < 4.78 is 47.5. The number of carbonyl (C=O) groups is 1. The summed E-state index contributed by atoms with van der Waals surface area (Å²) in [5, 5.41) is 19.4. The highest BCUT2D eigenvalue weighted by atomic mass is 35.5. The van der Waals surface area contributed by atoms with Crippen molar-refractivity contribution in [2.24, 2.45) is 0 Å². The number of carboxylic acid groups (broad SMARTS) is 1. The van der Waals surface area contributed by atoms with Crippen molar-refractivity contribution in [2.75, 3.05) is 0 Å². The number of rotatable bonds is 7. The summed E-state index contributed by atoms with van der Waals surface area (Å²) in [5.41, 5.74) is -3.44. The van der Waals surface area contributed by atoms with E-state index in [-0.39, 0.29) is 33.9 Å². The predicted octanol–water partition coefficient (Wildman–Crippen LogP) is 5.01. The molecule has 0 aliphatic carbocycles. The number of aromatic carboxylic acids is 1. The molecule has 0 saturated heterocycles. The minimum atomic E-state index is -5.04. The van der Waals surface area contributed by atoms with Gasteiger partial charge in [-0.3, -0.25) is 0 Å². The van der Waals surface area contributed by atoms with Gasteiger partial charge in [-0.1, -0.05) is 42.3 Å². The Balaban J connectivity index is 1.84. The lowest BCUT2D eigenvalue weighted by atomic mass is 9.78. The monoisotopic (exact) mass is 501 g/mol. The molecule has 0 radical (unpaired) electrons. The van der Waals surface area contributed by atoms with Gasteiger partial charge in [0.05, 0.1) is 12.4 Å². The molecular formula is C21H16Cl2F3N3O4. The lowest BCUT2D eigenvalue weighted by Crippen LogP contribution is -2.46. The number of halogens is 5. The molecule has 0 bridgehead atoms. The van der Waals surface area contributed by atoms with Crippen LogP contribution in [0.3, 0.4) is 0 Å². The maximum absolute atomic E-state index is 14.0. The van der Waals surface area contributed by atoms with Gasteiger partial charge in [-0.25, -0.2) is 19.7 Å². The van der Waals surface area contributed by atoms with E-state index in [1.807, 2.05) is 0 Å². The van der Waals surface area contributed by atoms with E-state index >= 15 is 0 Å². The Hall–Kier alpha value is -2.95. The summed E-state index contributed by atoms with van der Waals surface area (Å²) in [5.74, 6) is -2.68. The molecule has 0 aliphatic rings. The van der Waals surface area contributed by atoms with E-state index in [2.05, 4.69) is 15.0 Å². The van der Waals surface area contributed by atoms with Crippen LogP contribution in [-0.4, -0.2) is 37.3 Å². The number of benzene rings is 1. The van der Waals surface area contributed by atoms with E-state index < -0.39 is 29.2 Å². The number of aromatic nitrogens is 3. The Morgan fingerprint density at radius 3 is 2.39 bits per heavy atom. The fourth-order valence-corrected chi connectivity index (χ4v) is 3.73. The van der Waals surface area contributed by atoms with Gasteiger partial charge < -0.3 is 14.9 Å². The van der Waals surface area contributed by atoms with Gasteiger partial charge in [-0.15, -0.1) is 0 Å². The van der Waals surface area contributed by atoms with E-state index in [1.54, 1.807) is 0 Å². The lowest BCUT2D eigenvalue weighted by molar-refractivity contribution is -0.274. The minimum Gasteiger partial charge on any atom is -0.476 e. The second-order valence-electron chi connectivity index (χ2n) is 7.04. The Morgan fingerprint density at radius 2 is 1.85 bits per heavy atom. The second kappa shape index (κ2) is 9.50. The molecule has 2 unspecified atom stereocenters. The molecule has 3 rings (SSSR count). The molecule has 3 aromatic rings. The first-order valence-corrected chi connectivity index (χ1v) is 10.1. The fourth-order valence-electron chi connectivity index (χ4n) is 3.19. The van der Waals surface area contributed by atoms with Crippen molar-refractivity contribution in [3.05, 3.63) is 81.5 Å². The highest BCUT2D eigenvalue weighted by Crippen LogP contribution is 2.50. The molecule has 0 spiro atoms. The van der Waals surface area contributed by atoms with Gasteiger partial charge in [0.15, 0.2) is 11.3 Å². The Morgan fingerprint density at radius 1 is 1.12 bits per heavy atom. The molecule has 2 heterocycles. The van der Waals surface area contributed by atoms with E-state index in [0.29, 0.717) is 5.56 Å². The second-order valence-corrected chi connectivity index (χ2v) is 7.84. The minimum absolute atomic E-state index is 0.0151. The number of alkyl halides is 3. The van der Waals surface area contributed by atoms with Gasteiger partial charge >= 0.3 is 12.1 Å². The Bertz CT molecular complexity index is 1160. The van der Waals surface area contributed by atoms with E-state index in [0.717, 1.165) is 30.7 Å². The van der Waals surface area contributed by atoms with Crippen molar-refractivity contribution in [3.8, 4) is 5.88 Å². The normalized spacial score (nSPS) is 14.4. The summed E-state index contributed by atoms with van der Waals surface area (Å²) >= 11 is 12.0. The largest absolute Gasteiger partial charge is 0.476 e. The molecule has 2 N–H and O–H groups in total. The molecule has 174 valence electrons. The molecule has 7 nitrogen and oxygen atoms in total. The van der Waals surface area contributed by atoms with Crippen LogP contribution in [0.2, 0.25) is 10.2 Å². The molecule has 1 aromatic carbocycles. The third-order valence-electron chi connectivity index (χ3n) is 4.99. The molecule has 2 atom stereocenters. The van der Waals surface area contributed by atoms with Crippen LogP contribution in [0.15, 0.2) is 48.9 Å². The highest BCUT2D eigenvalue weighted by molar-refractivity contribution is 6.31. The van der Waals surface area contributed by atoms with Crippen molar-refractivity contribution in [1.29, 1.82) is 0 Å². The zero-order chi connectivity index (χ0) is 24.4. The maximum atomic E-state index is 14.0. The molecule has 12 heteroatoms. The van der Waals surface area contributed by atoms with Gasteiger partial charge in [-0.05, 0) is 34.9 Å². The fraction of sp³-hybridized carbons (Fsp3) is 0.238. The van der Waals surface area contributed by atoms with Crippen LogP contribution in [0.1, 0.15) is 40.0 Å². The number of pyridine rings is 1. The summed E-state index contributed by atoms with van der Waals surface area (Å²) in [7, 11) is 0. The zero-order valence-electron chi connectivity index (χ0n) is 16.8. The van der Waals surface area contributed by atoms with E-state index in [4.69, 9.17) is 33.0 Å². The topological polar surface area (TPSA) is 105 Å². The Kier molecular flexibility index (Phi) is 7.11. The van der Waals surface area contributed by atoms with Gasteiger partial charge in [0, 0.05) is 17.1 Å². The number of hydrogen-bond acceptors (Lipinski definition) is 6.